The molecule has 0 saturated heterocycles. The molecule has 2 aromatic rings. The van der Waals surface area contributed by atoms with Gasteiger partial charge in [-0.3, -0.25) is 9.59 Å². The zero-order chi connectivity index (χ0) is 18.8. The lowest BCUT2D eigenvalue weighted by Crippen LogP contribution is -2.13. The number of benzene rings is 2. The van der Waals surface area contributed by atoms with Gasteiger partial charge in [0.25, 0.3) is 0 Å². The molecule has 2 aromatic carbocycles. The van der Waals surface area contributed by atoms with Crippen LogP contribution in [0.15, 0.2) is 48.5 Å². The van der Waals surface area contributed by atoms with E-state index in [0.29, 0.717) is 24.3 Å². The van der Waals surface area contributed by atoms with Crippen LogP contribution in [0.25, 0.3) is 0 Å². The maximum Gasteiger partial charge on any atom is 0.224 e. The molecule has 0 aliphatic carbocycles. The molecule has 0 heterocycles. The summed E-state index contributed by atoms with van der Waals surface area (Å²) in [6.45, 7) is 2.68. The van der Waals surface area contributed by atoms with E-state index in [1.807, 2.05) is 6.92 Å². The summed E-state index contributed by atoms with van der Waals surface area (Å²) in [5.74, 6) is 0.446. The Morgan fingerprint density at radius 3 is 2.35 bits per heavy atom. The zero-order valence-corrected chi connectivity index (χ0v) is 14.8. The summed E-state index contributed by atoms with van der Waals surface area (Å²) < 4.78 is 5.48. The van der Waals surface area contributed by atoms with Crippen molar-refractivity contribution in [2.24, 2.45) is 0 Å². The maximum absolute atomic E-state index is 12.2. The van der Waals surface area contributed by atoms with Crippen LogP contribution in [0.3, 0.4) is 0 Å². The molecule has 0 unspecified atom stereocenters. The first kappa shape index (κ1) is 19.2. The highest BCUT2D eigenvalue weighted by atomic mass is 16.5. The largest absolute Gasteiger partial charge is 0.494 e. The number of nitrogens with zero attached hydrogens (tertiary/aromatic N) is 1. The predicted molar refractivity (Wildman–Crippen MR) is 100 cm³/mol. The lowest BCUT2D eigenvalue weighted by Gasteiger charge is -2.07. The predicted octanol–water partition coefficient (Wildman–Crippen LogP) is 4.14. The summed E-state index contributed by atoms with van der Waals surface area (Å²) in [6.07, 6.45) is 1.53. The summed E-state index contributed by atoms with van der Waals surface area (Å²) in [5, 5.41) is 11.4. The van der Waals surface area contributed by atoms with E-state index in [1.165, 1.54) is 0 Å². The van der Waals surface area contributed by atoms with Crippen molar-refractivity contribution in [3.05, 3.63) is 59.7 Å². The number of carbonyl (C=O) groups is 2. The normalized spacial score (nSPS) is 10.0. The van der Waals surface area contributed by atoms with Crippen LogP contribution in [0.5, 0.6) is 5.75 Å². The molecule has 0 fully saturated rings. The summed E-state index contributed by atoms with van der Waals surface area (Å²) in [7, 11) is 0. The molecule has 0 aliphatic heterocycles. The van der Waals surface area contributed by atoms with E-state index in [9.17, 15) is 9.59 Å². The Morgan fingerprint density at radius 2 is 1.73 bits per heavy atom. The number of hydrogen-bond acceptors (Lipinski definition) is 4. The van der Waals surface area contributed by atoms with Crippen LogP contribution in [0, 0.1) is 11.3 Å². The van der Waals surface area contributed by atoms with Crippen LogP contribution in [-0.2, 0) is 11.2 Å². The molecule has 5 nitrogen and oxygen atoms in total. The molecule has 134 valence electrons. The number of carbonyl (C=O) groups excluding carboxylic acids is 2. The second-order valence-corrected chi connectivity index (χ2v) is 5.88. The highest BCUT2D eigenvalue weighted by Crippen LogP contribution is 2.15. The number of ether oxygens (including phenoxy) is 1. The van der Waals surface area contributed by atoms with E-state index in [0.717, 1.165) is 17.7 Å². The van der Waals surface area contributed by atoms with Gasteiger partial charge in [-0.2, -0.15) is 5.26 Å². The summed E-state index contributed by atoms with van der Waals surface area (Å²) in [6, 6.07) is 16.2. The van der Waals surface area contributed by atoms with Crippen LogP contribution < -0.4 is 10.1 Å². The maximum atomic E-state index is 12.2. The van der Waals surface area contributed by atoms with E-state index in [2.05, 4.69) is 11.4 Å². The second-order valence-electron chi connectivity index (χ2n) is 5.88. The van der Waals surface area contributed by atoms with Crippen LogP contribution in [0.4, 0.5) is 5.69 Å². The van der Waals surface area contributed by atoms with Gasteiger partial charge in [-0.25, -0.2) is 0 Å². The summed E-state index contributed by atoms with van der Waals surface area (Å²) >= 11 is 0. The first-order chi connectivity index (χ1) is 12.6. The molecule has 0 radical (unpaired) electrons. The molecule has 0 atom stereocenters. The van der Waals surface area contributed by atoms with Crippen molar-refractivity contribution in [3.63, 3.8) is 0 Å². The highest BCUT2D eigenvalue weighted by Gasteiger charge is 2.10. The fourth-order valence-corrected chi connectivity index (χ4v) is 2.35. The second kappa shape index (κ2) is 10.00. The number of Topliss-reactive ketones (excluding diaryl/α,β-unsaturated/α-hetero) is 1. The van der Waals surface area contributed by atoms with Crippen molar-refractivity contribution in [2.45, 2.75) is 32.6 Å². The third kappa shape index (κ3) is 6.06. The first-order valence-corrected chi connectivity index (χ1v) is 8.64. The van der Waals surface area contributed by atoms with Gasteiger partial charge < -0.3 is 10.1 Å². The van der Waals surface area contributed by atoms with Crippen molar-refractivity contribution < 1.29 is 14.3 Å². The van der Waals surface area contributed by atoms with Gasteiger partial charge in [0.1, 0.15) is 5.75 Å². The highest BCUT2D eigenvalue weighted by molar-refractivity contribution is 6.00. The minimum Gasteiger partial charge on any atom is -0.494 e. The number of amides is 1. The molecule has 5 heteroatoms. The molecule has 26 heavy (non-hydrogen) atoms. The Labute approximate surface area is 153 Å². The van der Waals surface area contributed by atoms with Crippen molar-refractivity contribution in [1.82, 2.24) is 0 Å². The number of hydrogen-bond donors (Lipinski definition) is 1. The molecular formula is C21H22N2O3. The fourth-order valence-electron chi connectivity index (χ4n) is 2.35. The van der Waals surface area contributed by atoms with E-state index >= 15 is 0 Å². The number of rotatable bonds is 9. The van der Waals surface area contributed by atoms with Gasteiger partial charge in [-0.1, -0.05) is 19.1 Å². The quantitative estimate of drug-likeness (QED) is 0.689. The van der Waals surface area contributed by atoms with Gasteiger partial charge in [0.2, 0.25) is 5.91 Å². The Bertz CT molecular complexity index is 774. The lowest BCUT2D eigenvalue weighted by molar-refractivity contribution is -0.116. The molecule has 0 aliphatic rings. The van der Waals surface area contributed by atoms with Gasteiger partial charge in [0.05, 0.1) is 19.1 Å². The van der Waals surface area contributed by atoms with Crippen molar-refractivity contribution >= 4 is 17.4 Å². The standard InChI is InChI=1S/C21H22N2O3/c1-2-15-26-19-9-5-17(6-10-19)20(24)11-12-21(25)23-18-7-3-16(4-8-18)13-14-22/h3-10H,2,11-13,15H2,1H3,(H,23,25). The molecule has 2 rings (SSSR count). The fraction of sp³-hybridized carbons (Fsp3) is 0.286. The number of nitriles is 1. The Balaban J connectivity index is 1.80. The molecule has 0 spiro atoms. The van der Waals surface area contributed by atoms with Crippen LogP contribution >= 0.6 is 0 Å². The van der Waals surface area contributed by atoms with Crippen LogP contribution in [0.2, 0.25) is 0 Å². The third-order valence-electron chi connectivity index (χ3n) is 3.75. The first-order valence-electron chi connectivity index (χ1n) is 8.64. The Hall–Kier alpha value is -3.13. The van der Waals surface area contributed by atoms with Gasteiger partial charge in [-0.05, 0) is 48.4 Å². The Kier molecular flexibility index (Phi) is 7.38. The SMILES string of the molecule is CCCOc1ccc(C(=O)CCC(=O)Nc2ccc(CC#N)cc2)cc1. The van der Waals surface area contributed by atoms with Gasteiger partial charge in [0.15, 0.2) is 5.78 Å². The van der Waals surface area contributed by atoms with Gasteiger partial charge in [0, 0.05) is 24.1 Å². The zero-order valence-electron chi connectivity index (χ0n) is 14.8. The number of ketones is 1. The van der Waals surface area contributed by atoms with Gasteiger partial charge >= 0.3 is 0 Å². The van der Waals surface area contributed by atoms with E-state index in [4.69, 9.17) is 10.00 Å². The monoisotopic (exact) mass is 350 g/mol. The molecule has 0 aromatic heterocycles. The van der Waals surface area contributed by atoms with E-state index in [1.54, 1.807) is 48.5 Å². The molecule has 0 bridgehead atoms. The van der Waals surface area contributed by atoms with Gasteiger partial charge in [-0.15, -0.1) is 0 Å². The minimum absolute atomic E-state index is 0.0773. The van der Waals surface area contributed by atoms with E-state index < -0.39 is 0 Å². The average Bonchev–Trinajstić information content (AvgIpc) is 2.66. The van der Waals surface area contributed by atoms with Crippen LogP contribution in [0.1, 0.15) is 42.1 Å². The molecular weight excluding hydrogens is 328 g/mol. The van der Waals surface area contributed by atoms with Crippen molar-refractivity contribution in [2.75, 3.05) is 11.9 Å². The summed E-state index contributed by atoms with van der Waals surface area (Å²) in [5.41, 5.74) is 2.12. The minimum atomic E-state index is -0.214. The lowest BCUT2D eigenvalue weighted by atomic mass is 10.1. The number of anilines is 1. The molecule has 0 saturated carbocycles. The molecule has 1 N–H and O–H groups in total. The summed E-state index contributed by atoms with van der Waals surface area (Å²) in [4.78, 5) is 24.2. The van der Waals surface area contributed by atoms with E-state index in [-0.39, 0.29) is 24.5 Å². The Morgan fingerprint density at radius 1 is 1.04 bits per heavy atom. The smallest absolute Gasteiger partial charge is 0.224 e. The molecule has 1 amide bonds. The van der Waals surface area contributed by atoms with Crippen molar-refractivity contribution in [1.29, 1.82) is 5.26 Å². The topological polar surface area (TPSA) is 79.2 Å². The van der Waals surface area contributed by atoms with Crippen LogP contribution in [-0.4, -0.2) is 18.3 Å². The average molecular weight is 350 g/mol. The third-order valence-corrected chi connectivity index (χ3v) is 3.75. The number of nitrogens with one attached hydrogen (secondary N) is 1. The van der Waals surface area contributed by atoms with Crippen molar-refractivity contribution in [3.8, 4) is 11.8 Å².